The number of ether oxygens (including phenoxy) is 4. The van der Waals surface area contributed by atoms with Gasteiger partial charge in [-0.15, -0.1) is 0 Å². The largest absolute Gasteiger partial charge is 0.462 e. The summed E-state index contributed by atoms with van der Waals surface area (Å²) in [5.41, 5.74) is 0. The third-order valence-corrected chi connectivity index (χ3v) is 8.74. The summed E-state index contributed by atoms with van der Waals surface area (Å²) in [6.07, 6.45) is 16.9. The van der Waals surface area contributed by atoms with E-state index in [0.717, 1.165) is 38.5 Å². The average molecular weight is 661 g/mol. The van der Waals surface area contributed by atoms with Crippen molar-refractivity contribution in [3.63, 3.8) is 0 Å². The van der Waals surface area contributed by atoms with Gasteiger partial charge in [-0.3, -0.25) is 9.59 Å². The highest BCUT2D eigenvalue weighted by molar-refractivity contribution is 5.70. The summed E-state index contributed by atoms with van der Waals surface area (Å²) in [5.74, 6) is -0.803. The van der Waals surface area contributed by atoms with Gasteiger partial charge in [-0.05, 0) is 12.8 Å². The summed E-state index contributed by atoms with van der Waals surface area (Å²) in [5, 5.41) is 39.8. The second-order valence-corrected chi connectivity index (χ2v) is 13.0. The molecule has 1 rings (SSSR count). The summed E-state index contributed by atoms with van der Waals surface area (Å²) in [4.78, 5) is 25.0. The van der Waals surface area contributed by atoms with E-state index in [9.17, 15) is 30.0 Å². The van der Waals surface area contributed by atoms with Gasteiger partial charge in [-0.25, -0.2) is 0 Å². The van der Waals surface area contributed by atoms with Crippen LogP contribution < -0.4 is 0 Å². The molecule has 0 unspecified atom stereocenters. The van der Waals surface area contributed by atoms with Crippen LogP contribution >= 0.6 is 0 Å². The van der Waals surface area contributed by atoms with E-state index in [2.05, 4.69) is 13.8 Å². The minimum absolute atomic E-state index is 0.210. The Morgan fingerprint density at radius 3 is 1.48 bits per heavy atom. The molecule has 0 bridgehead atoms. The van der Waals surface area contributed by atoms with Gasteiger partial charge < -0.3 is 39.4 Å². The van der Waals surface area contributed by atoms with Crippen LogP contribution in [0.5, 0.6) is 0 Å². The van der Waals surface area contributed by atoms with E-state index in [-0.39, 0.29) is 32.0 Å². The maximum absolute atomic E-state index is 12.6. The number of aliphatic hydroxyl groups excluding tert-OH is 4. The monoisotopic (exact) mass is 660 g/mol. The standard InChI is InChI=1S/C36H68O10/c1-3-5-7-9-11-13-15-17-18-20-22-24-31(38)43-27-29(28-44-36-35(42)34(41)33(40)30(26-37)46-36)45-32(39)25-23-21-19-16-14-12-10-8-6-4-2/h29-30,33-37,40-42H,3-28H2,1-2H3/t29-,30+,33+,34+,35+,36-/m1/s1. The number of carbonyl (C=O) groups excluding carboxylic acids is 2. The van der Waals surface area contributed by atoms with Crippen molar-refractivity contribution in [1.29, 1.82) is 0 Å². The minimum atomic E-state index is -1.59. The molecule has 1 saturated heterocycles. The van der Waals surface area contributed by atoms with Gasteiger partial charge in [0, 0.05) is 12.8 Å². The highest BCUT2D eigenvalue weighted by Crippen LogP contribution is 2.22. The second-order valence-electron chi connectivity index (χ2n) is 13.0. The molecule has 0 saturated carbocycles. The van der Waals surface area contributed by atoms with Gasteiger partial charge in [0.2, 0.25) is 0 Å². The molecule has 0 amide bonds. The first-order valence-electron chi connectivity index (χ1n) is 18.6. The highest BCUT2D eigenvalue weighted by Gasteiger charge is 2.44. The van der Waals surface area contributed by atoms with E-state index in [4.69, 9.17) is 18.9 Å². The molecule has 0 aromatic heterocycles. The molecule has 6 atom stereocenters. The maximum atomic E-state index is 12.6. The maximum Gasteiger partial charge on any atom is 0.306 e. The van der Waals surface area contributed by atoms with Crippen LogP contribution in [-0.4, -0.2) is 89.0 Å². The van der Waals surface area contributed by atoms with Gasteiger partial charge in [0.1, 0.15) is 31.0 Å². The normalized spacial score (nSPS) is 22.1. The van der Waals surface area contributed by atoms with Crippen molar-refractivity contribution < 1.29 is 49.0 Å². The van der Waals surface area contributed by atoms with E-state index in [1.165, 1.54) is 89.9 Å². The Bertz CT molecular complexity index is 734. The first kappa shape index (κ1) is 42.7. The zero-order valence-electron chi connectivity index (χ0n) is 29.1. The van der Waals surface area contributed by atoms with Crippen LogP contribution in [-0.2, 0) is 28.5 Å². The number of rotatable bonds is 30. The van der Waals surface area contributed by atoms with Crippen molar-refractivity contribution in [2.24, 2.45) is 0 Å². The quantitative estimate of drug-likeness (QED) is 0.0512. The van der Waals surface area contributed by atoms with Gasteiger partial charge >= 0.3 is 11.9 Å². The lowest BCUT2D eigenvalue weighted by Crippen LogP contribution is -2.59. The van der Waals surface area contributed by atoms with E-state index >= 15 is 0 Å². The average Bonchev–Trinajstić information content (AvgIpc) is 3.05. The first-order chi connectivity index (χ1) is 22.3. The molecule has 1 aliphatic rings. The van der Waals surface area contributed by atoms with Gasteiger partial charge in [-0.1, -0.05) is 136 Å². The van der Waals surface area contributed by atoms with Gasteiger partial charge in [0.15, 0.2) is 12.4 Å². The van der Waals surface area contributed by atoms with Crippen molar-refractivity contribution in [1.82, 2.24) is 0 Å². The molecular weight excluding hydrogens is 592 g/mol. The van der Waals surface area contributed by atoms with E-state index < -0.39 is 49.4 Å². The lowest BCUT2D eigenvalue weighted by Gasteiger charge is -2.39. The molecule has 0 spiro atoms. The summed E-state index contributed by atoms with van der Waals surface area (Å²) in [6.45, 7) is 3.38. The number of carbonyl (C=O) groups is 2. The van der Waals surface area contributed by atoms with E-state index in [1.807, 2.05) is 0 Å². The fraction of sp³-hybridized carbons (Fsp3) is 0.944. The SMILES string of the molecule is CCCCCCCCCCCCCC(=O)OC[C@H](CO[C@@H]1O[C@@H](CO)[C@H](O)[C@H](O)[C@@H]1O)OC(=O)CCCCCCCCCCCC. The smallest absolute Gasteiger partial charge is 0.306 e. The lowest BCUT2D eigenvalue weighted by atomic mass is 9.99. The zero-order valence-corrected chi connectivity index (χ0v) is 29.1. The van der Waals surface area contributed by atoms with Crippen LogP contribution in [0.25, 0.3) is 0 Å². The van der Waals surface area contributed by atoms with Crippen LogP contribution in [0.1, 0.15) is 162 Å². The van der Waals surface area contributed by atoms with Crippen LogP contribution in [0, 0.1) is 0 Å². The van der Waals surface area contributed by atoms with Gasteiger partial charge in [0.25, 0.3) is 0 Å². The minimum Gasteiger partial charge on any atom is -0.462 e. The predicted molar refractivity (Wildman–Crippen MR) is 178 cm³/mol. The van der Waals surface area contributed by atoms with Crippen LogP contribution in [0.3, 0.4) is 0 Å². The Morgan fingerprint density at radius 1 is 0.587 bits per heavy atom. The van der Waals surface area contributed by atoms with E-state index in [1.54, 1.807) is 0 Å². The van der Waals surface area contributed by atoms with Crippen LogP contribution in [0.15, 0.2) is 0 Å². The van der Waals surface area contributed by atoms with Crippen molar-refractivity contribution in [3.05, 3.63) is 0 Å². The molecule has 10 heteroatoms. The van der Waals surface area contributed by atoms with Gasteiger partial charge in [-0.2, -0.15) is 0 Å². The van der Waals surface area contributed by atoms with Crippen LogP contribution in [0.2, 0.25) is 0 Å². The molecule has 272 valence electrons. The summed E-state index contributed by atoms with van der Waals surface area (Å²) >= 11 is 0. The number of hydrogen-bond donors (Lipinski definition) is 4. The zero-order chi connectivity index (χ0) is 33.8. The third kappa shape index (κ3) is 20.8. The highest BCUT2D eigenvalue weighted by atomic mass is 16.7. The van der Waals surface area contributed by atoms with E-state index in [0.29, 0.717) is 6.42 Å². The van der Waals surface area contributed by atoms with Crippen molar-refractivity contribution in [2.75, 3.05) is 19.8 Å². The van der Waals surface area contributed by atoms with Crippen molar-refractivity contribution >= 4 is 11.9 Å². The van der Waals surface area contributed by atoms with Gasteiger partial charge in [0.05, 0.1) is 13.2 Å². The summed E-state index contributed by atoms with van der Waals surface area (Å²) in [6, 6.07) is 0. The Hall–Kier alpha value is -1.30. The molecule has 0 aliphatic carbocycles. The van der Waals surface area contributed by atoms with Crippen molar-refractivity contribution in [3.8, 4) is 0 Å². The first-order valence-corrected chi connectivity index (χ1v) is 18.6. The summed E-state index contributed by atoms with van der Waals surface area (Å²) in [7, 11) is 0. The topological polar surface area (TPSA) is 152 Å². The molecule has 4 N–H and O–H groups in total. The Kier molecular flexibility index (Phi) is 26.6. The summed E-state index contributed by atoms with van der Waals surface area (Å²) < 4.78 is 22.0. The molecule has 1 heterocycles. The Labute approximate surface area is 278 Å². The molecule has 0 radical (unpaired) electrons. The second kappa shape index (κ2) is 28.7. The molecule has 1 fully saturated rings. The molecule has 10 nitrogen and oxygen atoms in total. The van der Waals surface area contributed by atoms with Crippen LogP contribution in [0.4, 0.5) is 0 Å². The Balaban J connectivity index is 2.41. The molecule has 46 heavy (non-hydrogen) atoms. The number of unbranched alkanes of at least 4 members (excludes halogenated alkanes) is 19. The number of esters is 2. The molecule has 0 aromatic carbocycles. The van der Waals surface area contributed by atoms with Crippen molar-refractivity contribution in [2.45, 2.75) is 198 Å². The lowest BCUT2D eigenvalue weighted by molar-refractivity contribution is -0.305. The molecular formula is C36H68O10. The third-order valence-electron chi connectivity index (χ3n) is 8.74. The predicted octanol–water partition coefficient (Wildman–Crippen LogP) is 6.27. The molecule has 1 aliphatic heterocycles. The molecule has 0 aromatic rings. The Morgan fingerprint density at radius 2 is 1.02 bits per heavy atom. The fourth-order valence-corrected chi connectivity index (χ4v) is 5.72. The number of aliphatic hydroxyl groups is 4. The number of hydrogen-bond acceptors (Lipinski definition) is 10. The fourth-order valence-electron chi connectivity index (χ4n) is 5.72.